The molecule has 1 aliphatic heterocycles. The Balaban J connectivity index is 2.18. The lowest BCUT2D eigenvalue weighted by Crippen LogP contribution is -2.66. The molecule has 1 heterocycles. The molecule has 2 amide bonds. The summed E-state index contributed by atoms with van der Waals surface area (Å²) in [7, 11) is 0. The molecular formula is C12H18N2O2. The van der Waals surface area contributed by atoms with Crippen LogP contribution >= 0.6 is 0 Å². The van der Waals surface area contributed by atoms with E-state index in [1.807, 2.05) is 13.8 Å². The molecule has 0 aromatic heterocycles. The van der Waals surface area contributed by atoms with Crippen LogP contribution in [0.3, 0.4) is 0 Å². The van der Waals surface area contributed by atoms with E-state index in [-0.39, 0.29) is 24.4 Å². The van der Waals surface area contributed by atoms with Crippen LogP contribution in [0.1, 0.15) is 33.1 Å². The predicted octanol–water partition coefficient (Wildman–Crippen LogP) is 0.832. The third-order valence-electron chi connectivity index (χ3n) is 3.59. The highest BCUT2D eigenvalue weighted by molar-refractivity contribution is 5.97. The van der Waals surface area contributed by atoms with Gasteiger partial charge in [0.1, 0.15) is 5.54 Å². The molecule has 0 spiro atoms. The highest BCUT2D eigenvalue weighted by atomic mass is 16.2. The van der Waals surface area contributed by atoms with Crippen LogP contribution in [0.15, 0.2) is 12.2 Å². The SMILES string of the molecule is CCC1(C)NC(=O)CN(C2CC=CC2)C1=O. The summed E-state index contributed by atoms with van der Waals surface area (Å²) in [6.07, 6.45) is 6.54. The van der Waals surface area contributed by atoms with Gasteiger partial charge in [0.15, 0.2) is 0 Å². The Labute approximate surface area is 95.7 Å². The molecule has 0 saturated carbocycles. The summed E-state index contributed by atoms with van der Waals surface area (Å²) >= 11 is 0. The zero-order valence-electron chi connectivity index (χ0n) is 9.82. The number of nitrogens with zero attached hydrogens (tertiary/aromatic N) is 1. The van der Waals surface area contributed by atoms with Gasteiger partial charge in [0.2, 0.25) is 11.8 Å². The highest BCUT2D eigenvalue weighted by Gasteiger charge is 2.43. The molecule has 0 aromatic rings. The van der Waals surface area contributed by atoms with Gasteiger partial charge < -0.3 is 10.2 Å². The maximum atomic E-state index is 12.3. The summed E-state index contributed by atoms with van der Waals surface area (Å²) in [6.45, 7) is 3.94. The number of piperazine rings is 1. The number of amides is 2. The summed E-state index contributed by atoms with van der Waals surface area (Å²) in [4.78, 5) is 25.7. The lowest BCUT2D eigenvalue weighted by molar-refractivity contribution is -0.151. The Kier molecular flexibility index (Phi) is 2.74. The first-order valence-corrected chi connectivity index (χ1v) is 5.84. The summed E-state index contributed by atoms with van der Waals surface area (Å²) in [6, 6.07) is 0.185. The fraction of sp³-hybridized carbons (Fsp3) is 0.667. The molecular weight excluding hydrogens is 204 g/mol. The monoisotopic (exact) mass is 222 g/mol. The molecule has 88 valence electrons. The molecule has 0 bridgehead atoms. The molecule has 4 heteroatoms. The third-order valence-corrected chi connectivity index (χ3v) is 3.59. The molecule has 0 radical (unpaired) electrons. The van der Waals surface area contributed by atoms with E-state index < -0.39 is 5.54 Å². The van der Waals surface area contributed by atoms with Crippen molar-refractivity contribution in [2.24, 2.45) is 0 Å². The summed E-state index contributed by atoms with van der Waals surface area (Å²) in [5.41, 5.74) is -0.710. The van der Waals surface area contributed by atoms with Crippen LogP contribution in [0, 0.1) is 0 Å². The Bertz CT molecular complexity index is 343. The summed E-state index contributed by atoms with van der Waals surface area (Å²) in [5.74, 6) is 0.0131. The molecule has 2 rings (SSSR count). The first-order valence-electron chi connectivity index (χ1n) is 5.84. The maximum Gasteiger partial charge on any atom is 0.248 e. The van der Waals surface area contributed by atoms with E-state index in [4.69, 9.17) is 0 Å². The van der Waals surface area contributed by atoms with Crippen molar-refractivity contribution in [1.82, 2.24) is 10.2 Å². The second-order valence-electron chi connectivity index (χ2n) is 4.76. The molecule has 2 aliphatic rings. The van der Waals surface area contributed by atoms with Gasteiger partial charge in [-0.25, -0.2) is 0 Å². The predicted molar refractivity (Wildman–Crippen MR) is 60.7 cm³/mol. The molecule has 1 N–H and O–H groups in total. The van der Waals surface area contributed by atoms with Gasteiger partial charge in [0.05, 0.1) is 6.54 Å². The standard InChI is InChI=1S/C12H18N2O2/c1-3-12(2)11(16)14(8-10(15)13-12)9-6-4-5-7-9/h4-5,9H,3,6-8H2,1-2H3,(H,13,15). The number of carbonyl (C=O) groups excluding carboxylic acids is 2. The Hall–Kier alpha value is -1.32. The number of hydrogen-bond acceptors (Lipinski definition) is 2. The highest BCUT2D eigenvalue weighted by Crippen LogP contribution is 2.24. The van der Waals surface area contributed by atoms with Crippen molar-refractivity contribution in [3.05, 3.63) is 12.2 Å². The van der Waals surface area contributed by atoms with Gasteiger partial charge in [0.25, 0.3) is 0 Å². The summed E-state index contributed by atoms with van der Waals surface area (Å²) in [5, 5.41) is 2.80. The first-order chi connectivity index (χ1) is 7.57. The molecule has 0 aromatic carbocycles. The van der Waals surface area contributed by atoms with Crippen LogP contribution in [-0.2, 0) is 9.59 Å². The van der Waals surface area contributed by atoms with Gasteiger partial charge in [-0.3, -0.25) is 9.59 Å². The average Bonchev–Trinajstić information content (AvgIpc) is 2.76. The van der Waals surface area contributed by atoms with Gasteiger partial charge in [-0.2, -0.15) is 0 Å². The van der Waals surface area contributed by atoms with Crippen molar-refractivity contribution < 1.29 is 9.59 Å². The van der Waals surface area contributed by atoms with E-state index >= 15 is 0 Å². The van der Waals surface area contributed by atoms with Gasteiger partial charge in [0, 0.05) is 6.04 Å². The average molecular weight is 222 g/mol. The molecule has 1 aliphatic carbocycles. The largest absolute Gasteiger partial charge is 0.340 e. The number of rotatable bonds is 2. The van der Waals surface area contributed by atoms with Crippen molar-refractivity contribution in [3.63, 3.8) is 0 Å². The van der Waals surface area contributed by atoms with Crippen LogP contribution in [0.25, 0.3) is 0 Å². The van der Waals surface area contributed by atoms with Gasteiger partial charge in [-0.1, -0.05) is 19.1 Å². The molecule has 1 unspecified atom stereocenters. The molecule has 1 atom stereocenters. The Morgan fingerprint density at radius 2 is 2.06 bits per heavy atom. The van der Waals surface area contributed by atoms with E-state index in [2.05, 4.69) is 17.5 Å². The minimum absolute atomic E-state index is 0.0455. The van der Waals surface area contributed by atoms with Gasteiger partial charge >= 0.3 is 0 Å². The zero-order chi connectivity index (χ0) is 11.8. The quantitative estimate of drug-likeness (QED) is 0.704. The molecule has 1 fully saturated rings. The van der Waals surface area contributed by atoms with Crippen LogP contribution in [0.5, 0.6) is 0 Å². The minimum atomic E-state index is -0.710. The van der Waals surface area contributed by atoms with Crippen LogP contribution in [-0.4, -0.2) is 34.8 Å². The van der Waals surface area contributed by atoms with Gasteiger partial charge in [-0.15, -0.1) is 0 Å². The number of carbonyl (C=O) groups is 2. The van der Waals surface area contributed by atoms with Crippen molar-refractivity contribution >= 4 is 11.8 Å². The van der Waals surface area contributed by atoms with Crippen molar-refractivity contribution in [2.75, 3.05) is 6.54 Å². The second-order valence-corrected chi connectivity index (χ2v) is 4.76. The number of nitrogens with one attached hydrogen (secondary N) is 1. The van der Waals surface area contributed by atoms with E-state index in [1.54, 1.807) is 4.90 Å². The summed E-state index contributed by atoms with van der Waals surface area (Å²) < 4.78 is 0. The first kappa shape index (κ1) is 11.2. The normalized spacial score (nSPS) is 31.0. The van der Waals surface area contributed by atoms with E-state index in [0.717, 1.165) is 12.8 Å². The van der Waals surface area contributed by atoms with Crippen molar-refractivity contribution in [1.29, 1.82) is 0 Å². The lowest BCUT2D eigenvalue weighted by Gasteiger charge is -2.42. The smallest absolute Gasteiger partial charge is 0.248 e. The fourth-order valence-electron chi connectivity index (χ4n) is 2.34. The number of hydrogen-bond donors (Lipinski definition) is 1. The van der Waals surface area contributed by atoms with E-state index in [0.29, 0.717) is 6.42 Å². The molecule has 4 nitrogen and oxygen atoms in total. The second kappa shape index (κ2) is 3.92. The topological polar surface area (TPSA) is 49.4 Å². The Morgan fingerprint density at radius 3 is 2.62 bits per heavy atom. The van der Waals surface area contributed by atoms with Crippen LogP contribution in [0.2, 0.25) is 0 Å². The van der Waals surface area contributed by atoms with Crippen molar-refractivity contribution in [3.8, 4) is 0 Å². The Morgan fingerprint density at radius 1 is 1.44 bits per heavy atom. The van der Waals surface area contributed by atoms with Crippen molar-refractivity contribution in [2.45, 2.75) is 44.7 Å². The third kappa shape index (κ3) is 1.72. The molecule has 16 heavy (non-hydrogen) atoms. The van der Waals surface area contributed by atoms with Crippen LogP contribution < -0.4 is 5.32 Å². The zero-order valence-corrected chi connectivity index (χ0v) is 9.82. The van der Waals surface area contributed by atoms with Gasteiger partial charge in [-0.05, 0) is 26.2 Å². The molecule has 1 saturated heterocycles. The maximum absolute atomic E-state index is 12.3. The van der Waals surface area contributed by atoms with Crippen LogP contribution in [0.4, 0.5) is 0 Å². The lowest BCUT2D eigenvalue weighted by atomic mass is 9.93. The van der Waals surface area contributed by atoms with E-state index in [1.165, 1.54) is 0 Å². The minimum Gasteiger partial charge on any atom is -0.340 e. The van der Waals surface area contributed by atoms with E-state index in [9.17, 15) is 9.59 Å². The fourth-order valence-corrected chi connectivity index (χ4v) is 2.34.